The van der Waals surface area contributed by atoms with Gasteiger partial charge in [-0.2, -0.15) is 16.7 Å². The van der Waals surface area contributed by atoms with E-state index in [0.29, 0.717) is 56.8 Å². The Hall–Kier alpha value is -2.15. The first kappa shape index (κ1) is 32.1. The second-order valence-electron chi connectivity index (χ2n) is 10.6. The molecule has 0 fully saturated rings. The maximum absolute atomic E-state index is 13.0. The van der Waals surface area contributed by atoms with Gasteiger partial charge in [-0.25, -0.2) is 4.79 Å². The fourth-order valence-corrected chi connectivity index (χ4v) is 7.50. The Balaban J connectivity index is 2.51. The summed E-state index contributed by atoms with van der Waals surface area (Å²) in [5.74, 6) is 3.05. The smallest absolute Gasteiger partial charge is 0.338 e. The lowest BCUT2D eigenvalue weighted by Crippen LogP contribution is -2.48. The number of esters is 1. The molecule has 0 radical (unpaired) electrons. The molecule has 0 saturated carbocycles. The van der Waals surface area contributed by atoms with Gasteiger partial charge in [-0.15, -0.1) is 0 Å². The molecule has 2 aromatic rings. The lowest BCUT2D eigenvalue weighted by molar-refractivity contribution is 0.0598. The standard InChI is InChI=1S/C26H42N4O5S2Si/c1-15(2)26(5,6)38(9,10)35-21-11-20(32-7)16(3)23(25(31)33-8)18(21)13-37-14-19(28-17(4)36)24-29-22(12-27)30-34-24/h11,15,19H,12-14,27H2,1-10H3,(H,28,36)/t19-/m0/s1. The number of thioether (sulfide) groups is 1. The fourth-order valence-electron chi connectivity index (χ4n) is 3.90. The van der Waals surface area contributed by atoms with Crippen LogP contribution < -0.4 is 20.2 Å². The minimum atomic E-state index is -2.32. The van der Waals surface area contributed by atoms with Crippen molar-refractivity contribution in [2.45, 2.75) is 78.0 Å². The molecule has 38 heavy (non-hydrogen) atoms. The molecule has 3 N–H and O–H groups in total. The van der Waals surface area contributed by atoms with Gasteiger partial charge in [0.05, 0.1) is 31.3 Å². The first-order valence-electron chi connectivity index (χ1n) is 12.5. The SMILES string of the molecule is COC(=O)c1c(C)c(OC)cc(O[Si](C)(C)C(C)(C)C(C)C)c1CSC[C@H](NC(C)=S)c1nc(CN)no1. The maximum atomic E-state index is 13.0. The number of carbonyl (C=O) groups is 1. The van der Waals surface area contributed by atoms with E-state index in [0.717, 1.165) is 5.56 Å². The number of nitrogens with two attached hydrogens (primary N) is 1. The Labute approximate surface area is 237 Å². The van der Waals surface area contributed by atoms with E-state index >= 15 is 0 Å². The van der Waals surface area contributed by atoms with E-state index in [9.17, 15) is 4.79 Å². The highest BCUT2D eigenvalue weighted by Gasteiger charge is 2.45. The van der Waals surface area contributed by atoms with Gasteiger partial charge in [-0.3, -0.25) is 0 Å². The second kappa shape index (κ2) is 13.3. The number of ether oxygens (including phenoxy) is 2. The van der Waals surface area contributed by atoms with Gasteiger partial charge < -0.3 is 29.5 Å². The van der Waals surface area contributed by atoms with Crippen LogP contribution in [-0.4, -0.2) is 49.4 Å². The second-order valence-corrected chi connectivity index (χ2v) is 16.7. The summed E-state index contributed by atoms with van der Waals surface area (Å²) >= 11 is 6.87. The Morgan fingerprint density at radius 1 is 1.29 bits per heavy atom. The van der Waals surface area contributed by atoms with E-state index in [1.54, 1.807) is 25.8 Å². The van der Waals surface area contributed by atoms with E-state index in [4.69, 9.17) is 36.4 Å². The van der Waals surface area contributed by atoms with Gasteiger partial charge >= 0.3 is 5.97 Å². The third kappa shape index (κ3) is 7.28. The summed E-state index contributed by atoms with van der Waals surface area (Å²) in [7, 11) is 0.655. The number of hydrogen-bond donors (Lipinski definition) is 2. The van der Waals surface area contributed by atoms with E-state index in [2.05, 4.69) is 56.2 Å². The largest absolute Gasteiger partial charge is 0.543 e. The lowest BCUT2D eigenvalue weighted by Gasteiger charge is -2.43. The molecule has 0 aliphatic carbocycles. The summed E-state index contributed by atoms with van der Waals surface area (Å²) in [6.45, 7) is 17.2. The summed E-state index contributed by atoms with van der Waals surface area (Å²) in [6, 6.07) is 1.58. The van der Waals surface area contributed by atoms with Crippen molar-refractivity contribution in [3.63, 3.8) is 0 Å². The summed E-state index contributed by atoms with van der Waals surface area (Å²) in [4.78, 5) is 18.0. The van der Waals surface area contributed by atoms with E-state index < -0.39 is 14.3 Å². The molecule has 0 spiro atoms. The van der Waals surface area contributed by atoms with Gasteiger partial charge in [0.1, 0.15) is 17.5 Å². The third-order valence-electron chi connectivity index (χ3n) is 7.45. The van der Waals surface area contributed by atoms with Crippen LogP contribution in [0.1, 0.15) is 73.9 Å². The first-order valence-corrected chi connectivity index (χ1v) is 17.0. The molecule has 12 heteroatoms. The Morgan fingerprint density at radius 3 is 2.45 bits per heavy atom. The summed E-state index contributed by atoms with van der Waals surface area (Å²) in [6.07, 6.45) is 0. The number of thiocarbonyl (C=S) groups is 1. The van der Waals surface area contributed by atoms with Crippen molar-refractivity contribution in [2.24, 2.45) is 11.7 Å². The Kier molecular flexibility index (Phi) is 11.2. The average molecular weight is 583 g/mol. The van der Waals surface area contributed by atoms with Crippen molar-refractivity contribution in [2.75, 3.05) is 20.0 Å². The number of nitrogens with zero attached hydrogens (tertiary/aromatic N) is 2. The van der Waals surface area contributed by atoms with Crippen LogP contribution in [0.5, 0.6) is 11.5 Å². The van der Waals surface area contributed by atoms with Crippen LogP contribution in [0.15, 0.2) is 10.6 Å². The molecular weight excluding hydrogens is 541 g/mol. The van der Waals surface area contributed by atoms with Crippen molar-refractivity contribution in [1.82, 2.24) is 15.5 Å². The molecule has 0 aliphatic rings. The van der Waals surface area contributed by atoms with E-state index in [1.807, 2.05) is 13.0 Å². The fraction of sp³-hybridized carbons (Fsp3) is 0.615. The molecule has 9 nitrogen and oxygen atoms in total. The van der Waals surface area contributed by atoms with Gasteiger partial charge in [0.25, 0.3) is 8.32 Å². The molecule has 2 rings (SSSR count). The van der Waals surface area contributed by atoms with Crippen LogP contribution in [0, 0.1) is 12.8 Å². The average Bonchev–Trinajstić information content (AvgIpc) is 3.33. The number of benzene rings is 1. The van der Waals surface area contributed by atoms with Crippen molar-refractivity contribution in [3.05, 3.63) is 34.5 Å². The van der Waals surface area contributed by atoms with E-state index in [-0.39, 0.29) is 17.6 Å². The first-order chi connectivity index (χ1) is 17.7. The number of carbonyl (C=O) groups excluding carboxylic acids is 1. The summed E-state index contributed by atoms with van der Waals surface area (Å²) in [5.41, 5.74) is 7.59. The molecule has 1 atom stereocenters. The summed E-state index contributed by atoms with van der Waals surface area (Å²) in [5, 5.41) is 7.09. The minimum Gasteiger partial charge on any atom is -0.543 e. The summed E-state index contributed by atoms with van der Waals surface area (Å²) < 4.78 is 23.1. The third-order valence-corrected chi connectivity index (χ3v) is 13.0. The van der Waals surface area contributed by atoms with Crippen molar-refractivity contribution in [1.29, 1.82) is 0 Å². The quantitative estimate of drug-likeness (QED) is 0.175. The highest BCUT2D eigenvalue weighted by molar-refractivity contribution is 7.98. The van der Waals surface area contributed by atoms with Crippen LogP contribution in [0.3, 0.4) is 0 Å². The van der Waals surface area contributed by atoms with Gasteiger partial charge in [0.2, 0.25) is 5.89 Å². The molecule has 0 bridgehead atoms. The van der Waals surface area contributed by atoms with Crippen LogP contribution in [0.25, 0.3) is 0 Å². The molecule has 0 unspecified atom stereocenters. The number of aromatic nitrogens is 2. The van der Waals surface area contributed by atoms with Gasteiger partial charge in [-0.05, 0) is 37.9 Å². The van der Waals surface area contributed by atoms with E-state index in [1.165, 1.54) is 7.11 Å². The zero-order chi connectivity index (χ0) is 28.8. The van der Waals surface area contributed by atoms with Crippen LogP contribution >= 0.6 is 24.0 Å². The number of methoxy groups -OCH3 is 2. The predicted octanol–water partition coefficient (Wildman–Crippen LogP) is 5.56. The monoisotopic (exact) mass is 582 g/mol. The molecule has 1 aromatic carbocycles. The zero-order valence-electron chi connectivity index (χ0n) is 24.2. The Bertz CT molecular complexity index is 1140. The lowest BCUT2D eigenvalue weighted by atomic mass is 9.99. The molecule has 1 heterocycles. The van der Waals surface area contributed by atoms with Gasteiger partial charge in [0.15, 0.2) is 5.82 Å². The highest BCUT2D eigenvalue weighted by Crippen LogP contribution is 2.47. The van der Waals surface area contributed by atoms with Crippen LogP contribution in [0.4, 0.5) is 0 Å². The van der Waals surface area contributed by atoms with Crippen molar-refractivity contribution < 1.29 is 23.2 Å². The molecule has 0 amide bonds. The maximum Gasteiger partial charge on any atom is 0.338 e. The minimum absolute atomic E-state index is 0.0363. The van der Waals surface area contributed by atoms with Crippen LogP contribution in [0.2, 0.25) is 18.1 Å². The number of hydrogen-bond acceptors (Lipinski definition) is 10. The zero-order valence-corrected chi connectivity index (χ0v) is 26.8. The Morgan fingerprint density at radius 2 is 1.95 bits per heavy atom. The molecule has 1 aromatic heterocycles. The molecule has 0 aliphatic heterocycles. The van der Waals surface area contributed by atoms with Gasteiger partial charge in [-0.1, -0.05) is 45.1 Å². The van der Waals surface area contributed by atoms with Crippen molar-refractivity contribution in [3.8, 4) is 11.5 Å². The van der Waals surface area contributed by atoms with Gasteiger partial charge in [0, 0.05) is 28.7 Å². The highest BCUT2D eigenvalue weighted by atomic mass is 32.2. The molecule has 212 valence electrons. The van der Waals surface area contributed by atoms with Crippen LogP contribution in [-0.2, 0) is 17.0 Å². The molecular formula is C26H42N4O5S2Si. The predicted molar refractivity (Wildman–Crippen MR) is 159 cm³/mol. The number of rotatable bonds is 13. The topological polar surface area (TPSA) is 122 Å². The number of nitrogens with one attached hydrogen (secondary N) is 1. The molecule has 0 saturated heterocycles. The normalized spacial score (nSPS) is 12.8. The van der Waals surface area contributed by atoms with Crippen molar-refractivity contribution >= 4 is 43.3 Å².